The molecule has 1 rings (SSSR count). The van der Waals surface area contributed by atoms with E-state index in [4.69, 9.17) is 10.00 Å². The fourth-order valence-corrected chi connectivity index (χ4v) is 2.52. The molecule has 0 unspecified atom stereocenters. The van der Waals surface area contributed by atoms with Crippen LogP contribution in [0.5, 0.6) is 0 Å². The minimum atomic E-state index is -0.486. The van der Waals surface area contributed by atoms with E-state index in [1.165, 1.54) is 6.42 Å². The molecule has 86 valence electrons. The van der Waals surface area contributed by atoms with E-state index in [1.54, 1.807) is 7.11 Å². The highest BCUT2D eigenvalue weighted by Gasteiger charge is 2.39. The van der Waals surface area contributed by atoms with E-state index >= 15 is 0 Å². The van der Waals surface area contributed by atoms with Crippen LogP contribution in [0.25, 0.3) is 0 Å². The minimum Gasteiger partial charge on any atom is -0.363 e. The lowest BCUT2D eigenvalue weighted by molar-refractivity contribution is -0.0206. The Morgan fingerprint density at radius 2 is 1.93 bits per heavy atom. The van der Waals surface area contributed by atoms with E-state index in [0.29, 0.717) is 5.41 Å². The zero-order valence-corrected chi connectivity index (χ0v) is 10.5. The van der Waals surface area contributed by atoms with Crippen LogP contribution in [0.3, 0.4) is 0 Å². The summed E-state index contributed by atoms with van der Waals surface area (Å²) in [5.74, 6) is 0.749. The van der Waals surface area contributed by atoms with Gasteiger partial charge in [0.15, 0.2) is 5.60 Å². The molecule has 1 saturated carbocycles. The molecule has 15 heavy (non-hydrogen) atoms. The molecular weight excluding hydrogens is 186 g/mol. The van der Waals surface area contributed by atoms with Gasteiger partial charge >= 0.3 is 0 Å². The van der Waals surface area contributed by atoms with Gasteiger partial charge in [0.2, 0.25) is 0 Å². The van der Waals surface area contributed by atoms with Gasteiger partial charge < -0.3 is 4.74 Å². The normalized spacial score (nSPS) is 32.3. The molecule has 0 amide bonds. The average Bonchev–Trinajstić information content (AvgIpc) is 2.29. The third-order valence-electron chi connectivity index (χ3n) is 4.40. The van der Waals surface area contributed by atoms with Crippen molar-refractivity contribution in [1.82, 2.24) is 0 Å². The first kappa shape index (κ1) is 12.5. The smallest absolute Gasteiger partial charge is 0.153 e. The van der Waals surface area contributed by atoms with E-state index in [1.807, 2.05) is 0 Å². The zero-order chi connectivity index (χ0) is 11.5. The molecule has 0 spiro atoms. The lowest BCUT2D eigenvalue weighted by Gasteiger charge is -2.41. The van der Waals surface area contributed by atoms with Crippen molar-refractivity contribution in [2.24, 2.45) is 11.3 Å². The van der Waals surface area contributed by atoms with Crippen molar-refractivity contribution >= 4 is 0 Å². The van der Waals surface area contributed by atoms with Gasteiger partial charge in [-0.2, -0.15) is 5.26 Å². The maximum absolute atomic E-state index is 9.11. The van der Waals surface area contributed by atoms with E-state index < -0.39 is 5.60 Å². The van der Waals surface area contributed by atoms with Crippen molar-refractivity contribution in [3.8, 4) is 6.07 Å². The zero-order valence-electron chi connectivity index (χ0n) is 10.5. The highest BCUT2D eigenvalue weighted by atomic mass is 16.5. The van der Waals surface area contributed by atoms with Crippen LogP contribution < -0.4 is 0 Å². The summed E-state index contributed by atoms with van der Waals surface area (Å²) in [7, 11) is 1.66. The van der Waals surface area contributed by atoms with Crippen LogP contribution in [0.15, 0.2) is 0 Å². The van der Waals surface area contributed by atoms with Gasteiger partial charge in [0.05, 0.1) is 6.07 Å². The number of rotatable bonds is 3. The van der Waals surface area contributed by atoms with Gasteiger partial charge in [0.1, 0.15) is 0 Å². The van der Waals surface area contributed by atoms with E-state index in [9.17, 15) is 0 Å². The van der Waals surface area contributed by atoms with Gasteiger partial charge in [0, 0.05) is 7.11 Å². The molecular formula is C13H23NO. The van der Waals surface area contributed by atoms with Crippen LogP contribution in [0.2, 0.25) is 0 Å². The highest BCUT2D eigenvalue weighted by molar-refractivity contribution is 5.05. The molecule has 0 saturated heterocycles. The van der Waals surface area contributed by atoms with Crippen LogP contribution in [0, 0.1) is 22.7 Å². The number of ether oxygens (including phenoxy) is 1. The van der Waals surface area contributed by atoms with Crippen LogP contribution >= 0.6 is 0 Å². The standard InChI is InChI=1S/C13H23NO/c1-5-12(2,3)11-6-8-13(10-14,15-4)9-7-11/h11H,5-9H2,1-4H3. The molecule has 1 fully saturated rings. The topological polar surface area (TPSA) is 33.0 Å². The molecule has 0 aromatic heterocycles. The van der Waals surface area contributed by atoms with Crippen LogP contribution in [0.1, 0.15) is 52.9 Å². The molecule has 0 N–H and O–H groups in total. The van der Waals surface area contributed by atoms with Crippen molar-refractivity contribution in [3.63, 3.8) is 0 Å². The van der Waals surface area contributed by atoms with Gasteiger partial charge in [-0.15, -0.1) is 0 Å². The van der Waals surface area contributed by atoms with E-state index in [2.05, 4.69) is 26.8 Å². The number of hydrogen-bond acceptors (Lipinski definition) is 2. The van der Waals surface area contributed by atoms with Crippen LogP contribution in [0.4, 0.5) is 0 Å². The Morgan fingerprint density at radius 1 is 1.40 bits per heavy atom. The SMILES string of the molecule is CCC(C)(C)C1CCC(C#N)(OC)CC1. The van der Waals surface area contributed by atoms with Crippen molar-refractivity contribution < 1.29 is 4.74 Å². The summed E-state index contributed by atoms with van der Waals surface area (Å²) in [6.07, 6.45) is 5.26. The van der Waals surface area contributed by atoms with Crippen molar-refractivity contribution in [3.05, 3.63) is 0 Å². The second-order valence-corrected chi connectivity index (χ2v) is 5.43. The molecule has 1 aliphatic rings. The largest absolute Gasteiger partial charge is 0.363 e. The Bertz CT molecular complexity index is 244. The maximum atomic E-state index is 9.11. The summed E-state index contributed by atoms with van der Waals surface area (Å²) in [6.45, 7) is 6.93. The second kappa shape index (κ2) is 4.53. The average molecular weight is 209 g/mol. The monoisotopic (exact) mass is 209 g/mol. The molecule has 0 aromatic carbocycles. The lowest BCUT2D eigenvalue weighted by Crippen LogP contribution is -2.38. The second-order valence-electron chi connectivity index (χ2n) is 5.43. The van der Waals surface area contributed by atoms with Crippen molar-refractivity contribution in [2.75, 3.05) is 7.11 Å². The van der Waals surface area contributed by atoms with Crippen LogP contribution in [-0.4, -0.2) is 12.7 Å². The summed E-state index contributed by atoms with van der Waals surface area (Å²) < 4.78 is 5.36. The van der Waals surface area contributed by atoms with Gasteiger partial charge in [-0.1, -0.05) is 27.2 Å². The summed E-state index contributed by atoms with van der Waals surface area (Å²) in [4.78, 5) is 0. The number of nitrogens with zero attached hydrogens (tertiary/aromatic N) is 1. The molecule has 0 aromatic rings. The van der Waals surface area contributed by atoms with Crippen molar-refractivity contribution in [2.45, 2.75) is 58.5 Å². The number of nitriles is 1. The lowest BCUT2D eigenvalue weighted by atomic mass is 9.66. The first-order chi connectivity index (χ1) is 6.99. The summed E-state index contributed by atoms with van der Waals surface area (Å²) in [5.41, 5.74) is -0.0737. The van der Waals surface area contributed by atoms with E-state index in [0.717, 1.165) is 31.6 Å². The quantitative estimate of drug-likeness (QED) is 0.712. The first-order valence-corrected chi connectivity index (χ1v) is 5.96. The molecule has 0 heterocycles. The minimum absolute atomic E-state index is 0.412. The predicted molar refractivity (Wildman–Crippen MR) is 61.4 cm³/mol. The third kappa shape index (κ3) is 2.52. The molecule has 0 bridgehead atoms. The fraction of sp³-hybridized carbons (Fsp3) is 0.923. The Hall–Kier alpha value is -0.550. The summed E-state index contributed by atoms with van der Waals surface area (Å²) in [5, 5.41) is 9.11. The number of methoxy groups -OCH3 is 1. The Kier molecular flexibility index (Phi) is 3.78. The van der Waals surface area contributed by atoms with Crippen molar-refractivity contribution in [1.29, 1.82) is 5.26 Å². The Labute approximate surface area is 93.6 Å². The number of hydrogen-bond donors (Lipinski definition) is 0. The van der Waals surface area contributed by atoms with Gasteiger partial charge in [-0.05, 0) is 37.0 Å². The molecule has 2 nitrogen and oxygen atoms in total. The van der Waals surface area contributed by atoms with Gasteiger partial charge in [0.25, 0.3) is 0 Å². The van der Waals surface area contributed by atoms with Crippen LogP contribution in [-0.2, 0) is 4.74 Å². The van der Waals surface area contributed by atoms with Gasteiger partial charge in [-0.25, -0.2) is 0 Å². The molecule has 0 atom stereocenters. The maximum Gasteiger partial charge on any atom is 0.153 e. The summed E-state index contributed by atoms with van der Waals surface area (Å²) >= 11 is 0. The molecule has 0 aliphatic heterocycles. The van der Waals surface area contributed by atoms with E-state index in [-0.39, 0.29) is 0 Å². The van der Waals surface area contributed by atoms with Gasteiger partial charge in [-0.3, -0.25) is 0 Å². The predicted octanol–water partition coefficient (Wildman–Crippen LogP) is 3.52. The Balaban J connectivity index is 2.60. The first-order valence-electron chi connectivity index (χ1n) is 5.96. The molecule has 1 aliphatic carbocycles. The summed E-state index contributed by atoms with van der Waals surface area (Å²) in [6, 6.07) is 2.33. The molecule has 2 heteroatoms. The fourth-order valence-electron chi connectivity index (χ4n) is 2.52. The molecule has 0 radical (unpaired) electrons. The Morgan fingerprint density at radius 3 is 2.27 bits per heavy atom. The highest BCUT2D eigenvalue weighted by Crippen LogP contribution is 2.44. The third-order valence-corrected chi connectivity index (χ3v) is 4.40.